The molecule has 0 saturated carbocycles. The summed E-state index contributed by atoms with van der Waals surface area (Å²) in [6.07, 6.45) is 8.64. The maximum Gasteiger partial charge on any atom is 0.159 e. The molecule has 1 rings (SSSR count). The first-order valence-electron chi connectivity index (χ1n) is 4.51. The number of nitrogens with one attached hydrogen (secondary N) is 1. The molecule has 0 heterocycles. The second-order valence-electron chi connectivity index (χ2n) is 3.39. The maximum absolute atomic E-state index is 10.0. The number of allylic oxidation sites excluding steroid dienone is 3. The maximum atomic E-state index is 10.0. The standard InChI is InChI=1S/C10H16ClNO.ClH/c1-8(12-2)10(11,13)9-6-4-3-5-7-9;/h3-6,8-9,12-13H,7H2,1-2H3;1H/t8-,9?,10+;/m0./s1. The average Bonchev–Trinajstić information content (AvgIpc) is 2.18. The molecule has 82 valence electrons. The van der Waals surface area contributed by atoms with Gasteiger partial charge in [-0.3, -0.25) is 0 Å². The molecule has 0 fully saturated rings. The van der Waals surface area contributed by atoms with Gasteiger partial charge in [0.25, 0.3) is 0 Å². The Morgan fingerprint density at radius 1 is 1.57 bits per heavy atom. The number of hydrogen-bond acceptors (Lipinski definition) is 2. The molecule has 0 spiro atoms. The zero-order valence-corrected chi connectivity index (χ0v) is 9.98. The van der Waals surface area contributed by atoms with E-state index in [2.05, 4.69) is 5.32 Å². The van der Waals surface area contributed by atoms with Crippen LogP contribution in [-0.2, 0) is 0 Å². The number of rotatable bonds is 3. The quantitative estimate of drug-likeness (QED) is 0.738. The van der Waals surface area contributed by atoms with Gasteiger partial charge in [-0.1, -0.05) is 35.9 Å². The molecule has 0 bridgehead atoms. The molecule has 0 aromatic heterocycles. The molecule has 3 atom stereocenters. The van der Waals surface area contributed by atoms with Crippen molar-refractivity contribution in [2.75, 3.05) is 7.05 Å². The van der Waals surface area contributed by atoms with Crippen LogP contribution in [0.5, 0.6) is 0 Å². The summed E-state index contributed by atoms with van der Waals surface area (Å²) in [5, 5.41) is 11.8. The summed E-state index contributed by atoms with van der Waals surface area (Å²) >= 11 is 6.07. The van der Waals surface area contributed by atoms with Gasteiger partial charge in [-0.05, 0) is 20.4 Å². The smallest absolute Gasteiger partial charge is 0.159 e. The van der Waals surface area contributed by atoms with Crippen LogP contribution in [0.1, 0.15) is 13.3 Å². The molecule has 4 heteroatoms. The van der Waals surface area contributed by atoms with Crippen molar-refractivity contribution in [2.45, 2.75) is 24.4 Å². The molecule has 0 aliphatic heterocycles. The SMILES string of the molecule is CN[C@@H](C)[C@](O)(Cl)C1C=CC=CC1.Cl. The lowest BCUT2D eigenvalue weighted by Crippen LogP contribution is -2.48. The lowest BCUT2D eigenvalue weighted by atomic mass is 9.90. The van der Waals surface area contributed by atoms with E-state index in [4.69, 9.17) is 11.6 Å². The van der Waals surface area contributed by atoms with Crippen molar-refractivity contribution < 1.29 is 5.11 Å². The van der Waals surface area contributed by atoms with Gasteiger partial charge in [0.05, 0.1) is 0 Å². The molecule has 2 nitrogen and oxygen atoms in total. The number of likely N-dealkylation sites (N-methyl/N-ethyl adjacent to an activating group) is 1. The van der Waals surface area contributed by atoms with Crippen molar-refractivity contribution >= 4 is 24.0 Å². The Bertz CT molecular complexity index is 226. The van der Waals surface area contributed by atoms with Crippen LogP contribution in [0.4, 0.5) is 0 Å². The lowest BCUT2D eigenvalue weighted by Gasteiger charge is -2.34. The predicted octanol–water partition coefficient (Wildman–Crippen LogP) is 2.08. The normalized spacial score (nSPS) is 26.4. The van der Waals surface area contributed by atoms with Gasteiger partial charge in [0.15, 0.2) is 5.06 Å². The summed E-state index contributed by atoms with van der Waals surface area (Å²) in [6, 6.07) is -0.129. The highest BCUT2D eigenvalue weighted by Gasteiger charge is 2.37. The van der Waals surface area contributed by atoms with Crippen molar-refractivity contribution in [2.24, 2.45) is 5.92 Å². The van der Waals surface area contributed by atoms with E-state index in [9.17, 15) is 5.11 Å². The Labute approximate surface area is 96.4 Å². The molecule has 0 amide bonds. The van der Waals surface area contributed by atoms with E-state index in [1.54, 1.807) is 7.05 Å². The molecular weight excluding hydrogens is 221 g/mol. The minimum absolute atomic E-state index is 0. The summed E-state index contributed by atoms with van der Waals surface area (Å²) in [4.78, 5) is 0. The second-order valence-corrected chi connectivity index (χ2v) is 4.00. The van der Waals surface area contributed by atoms with Crippen molar-refractivity contribution in [3.63, 3.8) is 0 Å². The zero-order chi connectivity index (χ0) is 9.90. The first-order chi connectivity index (χ1) is 6.09. The molecule has 1 aliphatic rings. The minimum atomic E-state index is -1.20. The molecule has 0 saturated heterocycles. The third-order valence-corrected chi connectivity index (χ3v) is 3.15. The monoisotopic (exact) mass is 237 g/mol. The highest BCUT2D eigenvalue weighted by Crippen LogP contribution is 2.31. The van der Waals surface area contributed by atoms with Crippen molar-refractivity contribution in [1.29, 1.82) is 0 Å². The van der Waals surface area contributed by atoms with E-state index in [-0.39, 0.29) is 24.4 Å². The van der Waals surface area contributed by atoms with E-state index < -0.39 is 5.06 Å². The topological polar surface area (TPSA) is 32.3 Å². The van der Waals surface area contributed by atoms with Crippen LogP contribution in [0.3, 0.4) is 0 Å². The van der Waals surface area contributed by atoms with E-state index in [0.717, 1.165) is 6.42 Å². The van der Waals surface area contributed by atoms with Gasteiger partial charge in [0.1, 0.15) is 0 Å². The van der Waals surface area contributed by atoms with Gasteiger partial charge in [0.2, 0.25) is 0 Å². The van der Waals surface area contributed by atoms with Crippen LogP contribution in [0.2, 0.25) is 0 Å². The van der Waals surface area contributed by atoms with E-state index >= 15 is 0 Å². The fourth-order valence-electron chi connectivity index (χ4n) is 1.40. The van der Waals surface area contributed by atoms with Gasteiger partial charge < -0.3 is 10.4 Å². The first kappa shape index (κ1) is 14.0. The summed E-state index contributed by atoms with van der Waals surface area (Å²) in [7, 11) is 1.79. The van der Waals surface area contributed by atoms with Crippen molar-refractivity contribution in [1.82, 2.24) is 5.32 Å². The Morgan fingerprint density at radius 3 is 2.64 bits per heavy atom. The van der Waals surface area contributed by atoms with Crippen molar-refractivity contribution in [3.05, 3.63) is 24.3 Å². The largest absolute Gasteiger partial charge is 0.373 e. The van der Waals surface area contributed by atoms with Gasteiger partial charge in [-0.25, -0.2) is 0 Å². The summed E-state index contributed by atoms with van der Waals surface area (Å²) in [6.45, 7) is 1.87. The number of halogens is 2. The first-order valence-corrected chi connectivity index (χ1v) is 4.88. The Balaban J connectivity index is 0.00000169. The van der Waals surface area contributed by atoms with Crippen molar-refractivity contribution in [3.8, 4) is 0 Å². The highest BCUT2D eigenvalue weighted by atomic mass is 35.5. The molecule has 0 radical (unpaired) electrons. The van der Waals surface area contributed by atoms with Gasteiger partial charge in [-0.2, -0.15) is 0 Å². The Morgan fingerprint density at radius 2 is 2.21 bits per heavy atom. The van der Waals surface area contributed by atoms with Crippen LogP contribution in [0.15, 0.2) is 24.3 Å². The number of aliphatic hydroxyl groups is 1. The third-order valence-electron chi connectivity index (χ3n) is 2.54. The minimum Gasteiger partial charge on any atom is -0.373 e. The molecule has 1 aliphatic carbocycles. The van der Waals surface area contributed by atoms with Gasteiger partial charge >= 0.3 is 0 Å². The Hall–Kier alpha value is -0.0200. The molecule has 14 heavy (non-hydrogen) atoms. The molecule has 2 N–H and O–H groups in total. The van der Waals surface area contributed by atoms with Gasteiger partial charge in [-0.15, -0.1) is 12.4 Å². The number of alkyl halides is 1. The summed E-state index contributed by atoms with van der Waals surface area (Å²) < 4.78 is 0. The highest BCUT2D eigenvalue weighted by molar-refractivity contribution is 6.23. The van der Waals surface area contributed by atoms with E-state index in [1.807, 2.05) is 31.2 Å². The molecule has 0 aromatic carbocycles. The van der Waals surface area contributed by atoms with Crippen LogP contribution in [0, 0.1) is 5.92 Å². The fourth-order valence-corrected chi connectivity index (χ4v) is 1.68. The summed E-state index contributed by atoms with van der Waals surface area (Å²) in [5.74, 6) is -0.0124. The molecule has 1 unspecified atom stereocenters. The van der Waals surface area contributed by atoms with E-state index in [0.29, 0.717) is 0 Å². The van der Waals surface area contributed by atoms with E-state index in [1.165, 1.54) is 0 Å². The van der Waals surface area contributed by atoms with Gasteiger partial charge in [0, 0.05) is 12.0 Å². The fraction of sp³-hybridized carbons (Fsp3) is 0.600. The van der Waals surface area contributed by atoms with Crippen LogP contribution in [-0.4, -0.2) is 23.3 Å². The summed E-state index contributed by atoms with van der Waals surface area (Å²) in [5.41, 5.74) is 0. The average molecular weight is 238 g/mol. The molecule has 0 aromatic rings. The third kappa shape index (κ3) is 2.99. The number of hydrogen-bond donors (Lipinski definition) is 2. The van der Waals surface area contributed by atoms with Crippen LogP contribution < -0.4 is 5.32 Å². The predicted molar refractivity (Wildman–Crippen MR) is 63.0 cm³/mol. The lowest BCUT2D eigenvalue weighted by molar-refractivity contribution is 0.0533. The zero-order valence-electron chi connectivity index (χ0n) is 8.40. The second kappa shape index (κ2) is 5.76. The molecular formula is C10H17Cl2NO. The van der Waals surface area contributed by atoms with Crippen LogP contribution in [0.25, 0.3) is 0 Å². The Kier molecular flexibility index (Phi) is 5.75. The van der Waals surface area contributed by atoms with Crippen LogP contribution >= 0.6 is 24.0 Å².